The van der Waals surface area contributed by atoms with E-state index >= 15 is 0 Å². The van der Waals surface area contributed by atoms with Gasteiger partial charge in [0.2, 0.25) is 0 Å². The van der Waals surface area contributed by atoms with Crippen LogP contribution in [-0.4, -0.2) is 12.8 Å². The summed E-state index contributed by atoms with van der Waals surface area (Å²) in [7, 11) is 0. The Morgan fingerprint density at radius 1 is 1.50 bits per heavy atom. The Balaban J connectivity index is 2.97. The maximum atomic E-state index is 5.58. The zero-order valence-electron chi connectivity index (χ0n) is 6.81. The fourth-order valence-corrected chi connectivity index (χ4v) is 0.820. The van der Waals surface area contributed by atoms with Crippen molar-refractivity contribution in [2.45, 2.75) is 38.8 Å². The molecule has 0 amide bonds. The topological polar surface area (TPSA) is 35.2 Å². The second-order valence-corrected chi connectivity index (χ2v) is 2.34. The molecule has 2 nitrogen and oxygen atoms in total. The number of ether oxygens (including phenoxy) is 1. The van der Waals surface area contributed by atoms with E-state index in [4.69, 9.17) is 10.5 Å². The summed E-state index contributed by atoms with van der Waals surface area (Å²) in [4.78, 5) is 0. The van der Waals surface area contributed by atoms with Crippen LogP contribution in [0.5, 0.6) is 0 Å². The third-order valence-corrected chi connectivity index (χ3v) is 1.37. The van der Waals surface area contributed by atoms with Crippen LogP contribution in [0.3, 0.4) is 0 Å². The minimum Gasteiger partial charge on any atom is -0.364 e. The molecule has 61 valence electrons. The summed E-state index contributed by atoms with van der Waals surface area (Å²) in [5.74, 6) is 0. The Morgan fingerprint density at radius 2 is 2.20 bits per heavy atom. The van der Waals surface area contributed by atoms with Gasteiger partial charge in [-0.05, 0) is 19.8 Å². The van der Waals surface area contributed by atoms with Crippen LogP contribution in [0.25, 0.3) is 0 Å². The molecule has 0 saturated heterocycles. The van der Waals surface area contributed by atoms with Crippen molar-refractivity contribution in [1.82, 2.24) is 0 Å². The summed E-state index contributed by atoms with van der Waals surface area (Å²) in [6.45, 7) is 6.42. The molecule has 0 aromatic rings. The minimum absolute atomic E-state index is 0.0588. The number of rotatable bonds is 6. The van der Waals surface area contributed by atoms with Gasteiger partial charge in [-0.3, -0.25) is 0 Å². The molecule has 0 aromatic carbocycles. The van der Waals surface area contributed by atoms with Crippen LogP contribution in [0, 0.1) is 6.92 Å². The van der Waals surface area contributed by atoms with Crippen LogP contribution in [0.4, 0.5) is 0 Å². The number of hydrogen-bond acceptors (Lipinski definition) is 2. The lowest BCUT2D eigenvalue weighted by atomic mass is 10.2. The summed E-state index contributed by atoms with van der Waals surface area (Å²) in [6.07, 6.45) is 4.18. The van der Waals surface area contributed by atoms with Crippen molar-refractivity contribution in [2.24, 2.45) is 5.73 Å². The number of hydrogen-bond donors (Lipinski definition) is 1. The average molecular weight is 144 g/mol. The fraction of sp³-hybridized carbons (Fsp3) is 0.875. The monoisotopic (exact) mass is 144 g/mol. The van der Waals surface area contributed by atoms with E-state index in [2.05, 4.69) is 6.92 Å². The largest absolute Gasteiger partial charge is 0.364 e. The van der Waals surface area contributed by atoms with Gasteiger partial charge in [-0.25, -0.2) is 0 Å². The van der Waals surface area contributed by atoms with Gasteiger partial charge in [-0.2, -0.15) is 0 Å². The second kappa shape index (κ2) is 7.03. The molecule has 0 aliphatic heterocycles. The maximum Gasteiger partial charge on any atom is 0.105 e. The van der Waals surface area contributed by atoms with Gasteiger partial charge in [0.1, 0.15) is 6.23 Å². The van der Waals surface area contributed by atoms with Gasteiger partial charge in [0, 0.05) is 6.61 Å². The first-order valence-electron chi connectivity index (χ1n) is 3.97. The molecule has 1 atom stereocenters. The Morgan fingerprint density at radius 3 is 2.70 bits per heavy atom. The van der Waals surface area contributed by atoms with E-state index in [0.29, 0.717) is 6.61 Å². The Bertz CT molecular complexity index is 66.3. The summed E-state index contributed by atoms with van der Waals surface area (Å²) >= 11 is 0. The van der Waals surface area contributed by atoms with Crippen LogP contribution in [0.1, 0.15) is 32.6 Å². The van der Waals surface area contributed by atoms with Gasteiger partial charge < -0.3 is 10.5 Å². The van der Waals surface area contributed by atoms with Crippen molar-refractivity contribution in [3.8, 4) is 0 Å². The van der Waals surface area contributed by atoms with Gasteiger partial charge in [0.05, 0.1) is 0 Å². The van der Waals surface area contributed by atoms with Crippen LogP contribution in [0.15, 0.2) is 0 Å². The lowest BCUT2D eigenvalue weighted by molar-refractivity contribution is 0.0599. The van der Waals surface area contributed by atoms with Crippen LogP contribution >= 0.6 is 0 Å². The highest BCUT2D eigenvalue weighted by atomic mass is 16.5. The van der Waals surface area contributed by atoms with Crippen LogP contribution in [0.2, 0.25) is 0 Å². The quantitative estimate of drug-likeness (QED) is 0.455. The summed E-state index contributed by atoms with van der Waals surface area (Å²) in [5, 5.41) is 0. The van der Waals surface area contributed by atoms with Crippen molar-refractivity contribution in [2.75, 3.05) is 6.61 Å². The van der Waals surface area contributed by atoms with Crippen molar-refractivity contribution in [1.29, 1.82) is 0 Å². The normalized spacial score (nSPS) is 13.5. The molecule has 10 heavy (non-hydrogen) atoms. The molecule has 0 bridgehead atoms. The maximum absolute atomic E-state index is 5.58. The Hall–Kier alpha value is -0.0800. The predicted octanol–water partition coefficient (Wildman–Crippen LogP) is 1.70. The first-order chi connectivity index (χ1) is 4.81. The van der Waals surface area contributed by atoms with E-state index in [9.17, 15) is 0 Å². The Labute approximate surface area is 63.7 Å². The third kappa shape index (κ3) is 6.05. The van der Waals surface area contributed by atoms with Crippen molar-refractivity contribution in [3.63, 3.8) is 0 Å². The average Bonchev–Trinajstić information content (AvgIpc) is 1.89. The molecule has 0 fully saturated rings. The lowest BCUT2D eigenvalue weighted by Crippen LogP contribution is -2.23. The molecule has 0 aliphatic rings. The molecule has 2 heteroatoms. The number of unbranched alkanes of at least 4 members (excludes halogenated alkanes) is 2. The predicted molar refractivity (Wildman–Crippen MR) is 43.4 cm³/mol. The van der Waals surface area contributed by atoms with E-state index in [1.54, 1.807) is 0 Å². The van der Waals surface area contributed by atoms with Gasteiger partial charge in [0.15, 0.2) is 0 Å². The third-order valence-electron chi connectivity index (χ3n) is 1.37. The first-order valence-corrected chi connectivity index (χ1v) is 3.97. The highest BCUT2D eigenvalue weighted by Gasteiger charge is 1.98. The SMILES string of the molecule is [CH2]CCCCC(N)OCC. The molecule has 1 unspecified atom stereocenters. The smallest absolute Gasteiger partial charge is 0.105 e. The van der Waals surface area contributed by atoms with Crippen molar-refractivity contribution < 1.29 is 4.74 Å². The van der Waals surface area contributed by atoms with E-state index in [0.717, 1.165) is 25.7 Å². The highest BCUT2D eigenvalue weighted by molar-refractivity contribution is 4.49. The molecule has 2 N–H and O–H groups in total. The van der Waals surface area contributed by atoms with Gasteiger partial charge in [-0.15, -0.1) is 0 Å². The molecule has 0 spiro atoms. The van der Waals surface area contributed by atoms with E-state index in [1.807, 2.05) is 6.92 Å². The van der Waals surface area contributed by atoms with E-state index < -0.39 is 0 Å². The van der Waals surface area contributed by atoms with Crippen LogP contribution in [-0.2, 0) is 4.74 Å². The van der Waals surface area contributed by atoms with E-state index in [-0.39, 0.29) is 6.23 Å². The summed E-state index contributed by atoms with van der Waals surface area (Å²) in [5.41, 5.74) is 5.58. The zero-order valence-corrected chi connectivity index (χ0v) is 6.81. The number of nitrogens with two attached hydrogens (primary N) is 1. The summed E-state index contributed by atoms with van der Waals surface area (Å²) < 4.78 is 5.15. The Kier molecular flexibility index (Phi) is 6.98. The zero-order chi connectivity index (χ0) is 7.82. The van der Waals surface area contributed by atoms with Gasteiger partial charge in [-0.1, -0.05) is 19.8 Å². The molecule has 1 radical (unpaired) electrons. The first kappa shape index (κ1) is 9.92. The highest BCUT2D eigenvalue weighted by Crippen LogP contribution is 2.01. The van der Waals surface area contributed by atoms with Crippen molar-refractivity contribution >= 4 is 0 Å². The standard InChI is InChI=1S/C8H18NO/c1-3-5-6-7-8(9)10-4-2/h8H,1,3-7,9H2,2H3. The van der Waals surface area contributed by atoms with Crippen molar-refractivity contribution in [3.05, 3.63) is 6.92 Å². The molecule has 0 aliphatic carbocycles. The molecule has 0 heterocycles. The molecular weight excluding hydrogens is 126 g/mol. The van der Waals surface area contributed by atoms with Crippen LogP contribution < -0.4 is 5.73 Å². The summed E-state index contributed by atoms with van der Waals surface area (Å²) in [6, 6.07) is 0. The fourth-order valence-electron chi connectivity index (χ4n) is 0.820. The lowest BCUT2D eigenvalue weighted by Gasteiger charge is -2.09. The second-order valence-electron chi connectivity index (χ2n) is 2.34. The molecule has 0 saturated carbocycles. The molecule has 0 aromatic heterocycles. The van der Waals surface area contributed by atoms with Gasteiger partial charge in [0.25, 0.3) is 0 Å². The molecule has 0 rings (SSSR count). The van der Waals surface area contributed by atoms with Gasteiger partial charge >= 0.3 is 0 Å². The minimum atomic E-state index is -0.0588. The molecular formula is C8H18NO. The van der Waals surface area contributed by atoms with E-state index in [1.165, 1.54) is 0 Å².